The number of benzene rings is 1. The quantitative estimate of drug-likeness (QED) is 0.616. The van der Waals surface area contributed by atoms with Gasteiger partial charge in [0, 0.05) is 12.1 Å². The van der Waals surface area contributed by atoms with E-state index in [2.05, 4.69) is 20.7 Å². The van der Waals surface area contributed by atoms with Gasteiger partial charge in [-0.2, -0.15) is 10.2 Å². The van der Waals surface area contributed by atoms with Crippen molar-refractivity contribution in [3.8, 4) is 17.2 Å². The van der Waals surface area contributed by atoms with Crippen molar-refractivity contribution in [2.75, 3.05) is 26.8 Å². The number of nitrogens with zero attached hydrogens (tertiary/aromatic N) is 2. The van der Waals surface area contributed by atoms with E-state index in [1.807, 2.05) is 0 Å². The van der Waals surface area contributed by atoms with Crippen LogP contribution >= 0.6 is 11.6 Å². The van der Waals surface area contributed by atoms with Crippen molar-refractivity contribution in [2.45, 2.75) is 0 Å². The molecule has 0 atom stereocenters. The molecule has 0 radical (unpaired) electrons. The molecular formula is C14H15ClN4O4. The minimum atomic E-state index is -0.508. The standard InChI is InChI=1S/C14H15ClN4O4/c1-21-8-4-11(22-2)9(12(5-8)23-3)6-16-18-10-7-17-19-14(20)13(10)15/h4-7H,1-3H3,(H2,18,19,20)/b16-6-. The van der Waals surface area contributed by atoms with E-state index in [0.29, 0.717) is 22.8 Å². The molecule has 2 aromatic rings. The van der Waals surface area contributed by atoms with Gasteiger partial charge in [-0.1, -0.05) is 11.6 Å². The maximum absolute atomic E-state index is 11.3. The number of H-pyrrole nitrogens is 1. The van der Waals surface area contributed by atoms with Gasteiger partial charge in [-0.3, -0.25) is 10.2 Å². The number of ether oxygens (including phenoxy) is 3. The monoisotopic (exact) mass is 338 g/mol. The highest BCUT2D eigenvalue weighted by molar-refractivity contribution is 6.32. The highest BCUT2D eigenvalue weighted by Crippen LogP contribution is 2.32. The Hall–Kier alpha value is -2.74. The lowest BCUT2D eigenvalue weighted by Gasteiger charge is -2.12. The largest absolute Gasteiger partial charge is 0.496 e. The van der Waals surface area contributed by atoms with Gasteiger partial charge in [0.1, 0.15) is 28.0 Å². The molecular weight excluding hydrogens is 324 g/mol. The molecule has 0 fully saturated rings. The van der Waals surface area contributed by atoms with E-state index in [1.54, 1.807) is 19.2 Å². The Morgan fingerprint density at radius 1 is 1.22 bits per heavy atom. The van der Waals surface area contributed by atoms with Crippen molar-refractivity contribution in [3.63, 3.8) is 0 Å². The van der Waals surface area contributed by atoms with Gasteiger partial charge >= 0.3 is 0 Å². The minimum absolute atomic E-state index is 0.0363. The molecule has 0 aliphatic heterocycles. The van der Waals surface area contributed by atoms with Crippen LogP contribution in [-0.4, -0.2) is 37.7 Å². The van der Waals surface area contributed by atoms with Gasteiger partial charge in [-0.15, -0.1) is 0 Å². The molecule has 1 aromatic carbocycles. The van der Waals surface area contributed by atoms with Crippen LogP contribution < -0.4 is 25.2 Å². The zero-order valence-electron chi connectivity index (χ0n) is 12.7. The number of methoxy groups -OCH3 is 3. The van der Waals surface area contributed by atoms with E-state index < -0.39 is 5.56 Å². The fourth-order valence-electron chi connectivity index (χ4n) is 1.79. The molecule has 8 nitrogen and oxygen atoms in total. The van der Waals surface area contributed by atoms with Crippen LogP contribution in [0.5, 0.6) is 17.2 Å². The molecule has 1 heterocycles. The Morgan fingerprint density at radius 3 is 2.43 bits per heavy atom. The van der Waals surface area contributed by atoms with Crippen LogP contribution in [0.4, 0.5) is 5.69 Å². The van der Waals surface area contributed by atoms with Crippen LogP contribution in [0.2, 0.25) is 5.02 Å². The van der Waals surface area contributed by atoms with Gasteiger partial charge < -0.3 is 14.2 Å². The zero-order chi connectivity index (χ0) is 16.8. The van der Waals surface area contributed by atoms with Crippen LogP contribution in [0.25, 0.3) is 0 Å². The van der Waals surface area contributed by atoms with E-state index in [1.165, 1.54) is 26.6 Å². The summed E-state index contributed by atoms with van der Waals surface area (Å²) in [6.45, 7) is 0. The molecule has 1 aromatic heterocycles. The Morgan fingerprint density at radius 2 is 1.87 bits per heavy atom. The predicted molar refractivity (Wildman–Crippen MR) is 87.2 cm³/mol. The molecule has 23 heavy (non-hydrogen) atoms. The van der Waals surface area contributed by atoms with Crippen molar-refractivity contribution >= 4 is 23.5 Å². The van der Waals surface area contributed by atoms with Gasteiger partial charge in [0.25, 0.3) is 5.56 Å². The summed E-state index contributed by atoms with van der Waals surface area (Å²) in [6.07, 6.45) is 2.83. The molecule has 0 unspecified atom stereocenters. The van der Waals surface area contributed by atoms with E-state index in [9.17, 15) is 4.79 Å². The molecule has 122 valence electrons. The Labute approximate surface area is 137 Å². The fourth-order valence-corrected chi connectivity index (χ4v) is 1.92. The number of halogens is 1. The second-order valence-electron chi connectivity index (χ2n) is 4.24. The first-order valence-corrected chi connectivity index (χ1v) is 6.80. The first-order valence-electron chi connectivity index (χ1n) is 6.43. The molecule has 0 aliphatic carbocycles. The SMILES string of the molecule is COc1cc(OC)c(/C=N\Nc2cn[nH]c(=O)c2Cl)c(OC)c1. The lowest BCUT2D eigenvalue weighted by Crippen LogP contribution is -2.10. The summed E-state index contributed by atoms with van der Waals surface area (Å²) in [5, 5.41) is 9.85. The molecule has 0 amide bonds. The summed E-state index contributed by atoms with van der Waals surface area (Å²) in [5.41, 5.74) is 3.01. The average Bonchev–Trinajstić information content (AvgIpc) is 2.58. The summed E-state index contributed by atoms with van der Waals surface area (Å²) in [6, 6.07) is 3.40. The van der Waals surface area contributed by atoms with Gasteiger partial charge in [0.05, 0.1) is 39.3 Å². The highest BCUT2D eigenvalue weighted by Gasteiger charge is 2.11. The molecule has 0 saturated carbocycles. The van der Waals surface area contributed by atoms with E-state index in [-0.39, 0.29) is 10.7 Å². The third-order valence-corrected chi connectivity index (χ3v) is 3.30. The van der Waals surface area contributed by atoms with Crippen molar-refractivity contribution < 1.29 is 14.2 Å². The Bertz CT molecular complexity index is 751. The number of aromatic nitrogens is 2. The molecule has 2 rings (SSSR count). The van der Waals surface area contributed by atoms with Gasteiger partial charge in [0.2, 0.25) is 0 Å². The lowest BCUT2D eigenvalue weighted by atomic mass is 10.2. The number of rotatable bonds is 6. The van der Waals surface area contributed by atoms with Crippen LogP contribution in [0.15, 0.2) is 28.2 Å². The second kappa shape index (κ2) is 7.50. The summed E-state index contributed by atoms with van der Waals surface area (Å²) in [7, 11) is 4.60. The number of hydrogen-bond donors (Lipinski definition) is 2. The summed E-state index contributed by atoms with van der Waals surface area (Å²) >= 11 is 5.85. The van der Waals surface area contributed by atoms with Crippen molar-refractivity contribution in [3.05, 3.63) is 39.3 Å². The zero-order valence-corrected chi connectivity index (χ0v) is 13.5. The summed E-state index contributed by atoms with van der Waals surface area (Å²) in [4.78, 5) is 11.3. The van der Waals surface area contributed by atoms with E-state index in [0.717, 1.165) is 0 Å². The number of nitrogens with one attached hydrogen (secondary N) is 2. The number of aromatic amines is 1. The highest BCUT2D eigenvalue weighted by atomic mass is 35.5. The summed E-state index contributed by atoms with van der Waals surface area (Å²) in [5.74, 6) is 1.62. The van der Waals surface area contributed by atoms with Crippen LogP contribution in [0.1, 0.15) is 5.56 Å². The lowest BCUT2D eigenvalue weighted by molar-refractivity contribution is 0.374. The van der Waals surface area contributed by atoms with Crippen molar-refractivity contribution in [1.29, 1.82) is 0 Å². The smallest absolute Gasteiger partial charge is 0.285 e. The number of hydrazone groups is 1. The minimum Gasteiger partial charge on any atom is -0.496 e. The molecule has 2 N–H and O–H groups in total. The normalized spacial score (nSPS) is 10.6. The molecule has 0 saturated heterocycles. The van der Waals surface area contributed by atoms with E-state index >= 15 is 0 Å². The number of anilines is 1. The molecule has 0 bridgehead atoms. The Balaban J connectivity index is 2.31. The molecule has 0 spiro atoms. The summed E-state index contributed by atoms with van der Waals surface area (Å²) < 4.78 is 15.8. The van der Waals surface area contributed by atoms with Crippen molar-refractivity contribution in [2.24, 2.45) is 5.10 Å². The number of hydrogen-bond acceptors (Lipinski definition) is 7. The topological polar surface area (TPSA) is 97.8 Å². The fraction of sp³-hybridized carbons (Fsp3) is 0.214. The van der Waals surface area contributed by atoms with Crippen molar-refractivity contribution in [1.82, 2.24) is 10.2 Å². The van der Waals surface area contributed by atoms with Crippen LogP contribution in [0.3, 0.4) is 0 Å². The average molecular weight is 339 g/mol. The van der Waals surface area contributed by atoms with Crippen LogP contribution in [-0.2, 0) is 0 Å². The molecule has 0 aliphatic rings. The first kappa shape index (κ1) is 16.6. The Kier molecular flexibility index (Phi) is 5.42. The van der Waals surface area contributed by atoms with E-state index in [4.69, 9.17) is 25.8 Å². The third kappa shape index (κ3) is 3.72. The predicted octanol–water partition coefficient (Wildman–Crippen LogP) is 1.90. The van der Waals surface area contributed by atoms with Crippen LogP contribution in [0, 0.1) is 0 Å². The maximum atomic E-state index is 11.3. The third-order valence-electron chi connectivity index (χ3n) is 2.93. The van der Waals surface area contributed by atoms with Gasteiger partial charge in [-0.05, 0) is 0 Å². The second-order valence-corrected chi connectivity index (χ2v) is 4.62. The van der Waals surface area contributed by atoms with Gasteiger partial charge in [0.15, 0.2) is 0 Å². The molecule has 9 heteroatoms. The maximum Gasteiger partial charge on any atom is 0.285 e. The first-order chi connectivity index (χ1) is 11.1. The van der Waals surface area contributed by atoms with Gasteiger partial charge in [-0.25, -0.2) is 5.10 Å².